The Morgan fingerprint density at radius 3 is 2.50 bits per heavy atom. The van der Waals surface area contributed by atoms with Crippen LogP contribution in [0.5, 0.6) is 5.75 Å². The molecule has 0 radical (unpaired) electrons. The Kier molecular flexibility index (Phi) is 3.80. The average molecular weight is 221 g/mol. The van der Waals surface area contributed by atoms with Gasteiger partial charge in [0.05, 0.1) is 6.10 Å². The van der Waals surface area contributed by atoms with Crippen molar-refractivity contribution >= 4 is 0 Å². The van der Waals surface area contributed by atoms with Gasteiger partial charge in [0.25, 0.3) is 0 Å². The minimum Gasteiger partial charge on any atom is -0.508 e. The normalized spacial score (nSPS) is 25.6. The Hall–Kier alpha value is -1.06. The molecule has 1 aliphatic rings. The number of rotatable bonds is 3. The summed E-state index contributed by atoms with van der Waals surface area (Å²) in [7, 11) is 0. The number of phenols is 1. The minimum absolute atomic E-state index is 0.203. The first-order chi connectivity index (χ1) is 7.75. The summed E-state index contributed by atoms with van der Waals surface area (Å²) >= 11 is 0. The molecular formula is C13H19NO2. The Morgan fingerprint density at radius 1 is 1.12 bits per heavy atom. The zero-order valence-corrected chi connectivity index (χ0v) is 9.39. The predicted molar refractivity (Wildman–Crippen MR) is 63.2 cm³/mol. The lowest BCUT2D eigenvalue weighted by Gasteiger charge is -2.28. The summed E-state index contributed by atoms with van der Waals surface area (Å²) in [6, 6.07) is 7.40. The lowest BCUT2D eigenvalue weighted by molar-refractivity contribution is 0.0902. The van der Waals surface area contributed by atoms with E-state index >= 15 is 0 Å². The second-order valence-corrected chi connectivity index (χ2v) is 4.51. The SMILES string of the molecule is Oc1ccc(CNC2CCCCC2O)cc1. The van der Waals surface area contributed by atoms with Crippen LogP contribution in [0, 0.1) is 0 Å². The number of aliphatic hydroxyl groups is 1. The third kappa shape index (κ3) is 2.97. The fraction of sp³-hybridized carbons (Fsp3) is 0.538. The van der Waals surface area contributed by atoms with Gasteiger partial charge >= 0.3 is 0 Å². The van der Waals surface area contributed by atoms with Crippen molar-refractivity contribution < 1.29 is 10.2 Å². The van der Waals surface area contributed by atoms with E-state index in [-0.39, 0.29) is 12.1 Å². The lowest BCUT2D eigenvalue weighted by Crippen LogP contribution is -2.41. The summed E-state index contributed by atoms with van der Waals surface area (Å²) in [4.78, 5) is 0. The summed E-state index contributed by atoms with van der Waals surface area (Å²) in [5, 5.41) is 22.3. The van der Waals surface area contributed by atoms with Crippen LogP contribution in [0.1, 0.15) is 31.2 Å². The molecule has 0 aliphatic heterocycles. The van der Waals surface area contributed by atoms with Crippen molar-refractivity contribution in [1.29, 1.82) is 0 Å². The van der Waals surface area contributed by atoms with Crippen LogP contribution in [-0.4, -0.2) is 22.4 Å². The standard InChI is InChI=1S/C13H19NO2/c15-11-7-5-10(6-8-11)9-14-12-3-1-2-4-13(12)16/h5-8,12-16H,1-4,9H2. The Balaban J connectivity index is 1.84. The van der Waals surface area contributed by atoms with Crippen LogP contribution in [0.15, 0.2) is 24.3 Å². The van der Waals surface area contributed by atoms with Crippen molar-refractivity contribution in [2.45, 2.75) is 44.4 Å². The Labute approximate surface area is 96.1 Å². The maximum atomic E-state index is 9.79. The van der Waals surface area contributed by atoms with Crippen molar-refractivity contribution in [3.8, 4) is 5.75 Å². The second kappa shape index (κ2) is 5.32. The van der Waals surface area contributed by atoms with Gasteiger partial charge in [0.2, 0.25) is 0 Å². The number of aromatic hydroxyl groups is 1. The molecule has 1 aromatic rings. The van der Waals surface area contributed by atoms with Crippen LogP contribution < -0.4 is 5.32 Å². The molecule has 1 saturated carbocycles. The van der Waals surface area contributed by atoms with E-state index in [2.05, 4.69) is 5.32 Å². The van der Waals surface area contributed by atoms with E-state index in [1.54, 1.807) is 12.1 Å². The summed E-state index contributed by atoms with van der Waals surface area (Å²) in [5.74, 6) is 0.293. The van der Waals surface area contributed by atoms with Crippen molar-refractivity contribution in [3.63, 3.8) is 0 Å². The highest BCUT2D eigenvalue weighted by molar-refractivity contribution is 5.25. The van der Waals surface area contributed by atoms with E-state index < -0.39 is 0 Å². The molecule has 0 saturated heterocycles. The van der Waals surface area contributed by atoms with Crippen molar-refractivity contribution in [2.75, 3.05) is 0 Å². The molecule has 2 rings (SSSR count). The first kappa shape index (κ1) is 11.4. The molecule has 1 aliphatic carbocycles. The molecule has 88 valence electrons. The van der Waals surface area contributed by atoms with E-state index in [0.717, 1.165) is 31.4 Å². The van der Waals surface area contributed by atoms with E-state index in [1.807, 2.05) is 12.1 Å². The van der Waals surface area contributed by atoms with Gasteiger partial charge in [0, 0.05) is 12.6 Å². The number of phenolic OH excluding ortho intramolecular Hbond substituents is 1. The fourth-order valence-corrected chi connectivity index (χ4v) is 2.21. The molecule has 3 nitrogen and oxygen atoms in total. The highest BCUT2D eigenvalue weighted by Gasteiger charge is 2.21. The van der Waals surface area contributed by atoms with Gasteiger partial charge in [0.1, 0.15) is 5.75 Å². The van der Waals surface area contributed by atoms with Crippen molar-refractivity contribution in [3.05, 3.63) is 29.8 Å². The Morgan fingerprint density at radius 2 is 1.81 bits per heavy atom. The maximum absolute atomic E-state index is 9.79. The highest BCUT2D eigenvalue weighted by atomic mass is 16.3. The van der Waals surface area contributed by atoms with Gasteiger partial charge in [-0.3, -0.25) is 0 Å². The van der Waals surface area contributed by atoms with E-state index in [1.165, 1.54) is 6.42 Å². The van der Waals surface area contributed by atoms with Crippen LogP contribution in [0.25, 0.3) is 0 Å². The monoisotopic (exact) mass is 221 g/mol. The topological polar surface area (TPSA) is 52.5 Å². The van der Waals surface area contributed by atoms with Gasteiger partial charge < -0.3 is 15.5 Å². The van der Waals surface area contributed by atoms with Crippen LogP contribution >= 0.6 is 0 Å². The van der Waals surface area contributed by atoms with Crippen LogP contribution in [0.3, 0.4) is 0 Å². The zero-order chi connectivity index (χ0) is 11.4. The molecular weight excluding hydrogens is 202 g/mol. The van der Waals surface area contributed by atoms with Gasteiger partial charge in [-0.05, 0) is 30.5 Å². The van der Waals surface area contributed by atoms with E-state index in [4.69, 9.17) is 5.11 Å². The smallest absolute Gasteiger partial charge is 0.115 e. The summed E-state index contributed by atoms with van der Waals surface area (Å²) < 4.78 is 0. The third-order valence-corrected chi connectivity index (χ3v) is 3.23. The average Bonchev–Trinajstić information content (AvgIpc) is 2.30. The molecule has 0 heterocycles. The summed E-state index contributed by atoms with van der Waals surface area (Å²) in [6.07, 6.45) is 4.10. The van der Waals surface area contributed by atoms with Gasteiger partial charge in [-0.1, -0.05) is 25.0 Å². The molecule has 3 N–H and O–H groups in total. The quantitative estimate of drug-likeness (QED) is 0.729. The largest absolute Gasteiger partial charge is 0.508 e. The molecule has 2 atom stereocenters. The minimum atomic E-state index is -0.203. The highest BCUT2D eigenvalue weighted by Crippen LogP contribution is 2.19. The van der Waals surface area contributed by atoms with Gasteiger partial charge in [-0.2, -0.15) is 0 Å². The molecule has 2 unspecified atom stereocenters. The lowest BCUT2D eigenvalue weighted by atomic mass is 9.92. The van der Waals surface area contributed by atoms with Crippen molar-refractivity contribution in [1.82, 2.24) is 5.32 Å². The second-order valence-electron chi connectivity index (χ2n) is 4.51. The molecule has 3 heteroatoms. The zero-order valence-electron chi connectivity index (χ0n) is 9.39. The molecule has 1 aromatic carbocycles. The first-order valence-corrected chi connectivity index (χ1v) is 5.95. The van der Waals surface area contributed by atoms with Gasteiger partial charge in [0.15, 0.2) is 0 Å². The van der Waals surface area contributed by atoms with Crippen LogP contribution in [0.2, 0.25) is 0 Å². The number of hydrogen-bond donors (Lipinski definition) is 3. The summed E-state index contributed by atoms with van der Waals surface area (Å²) in [6.45, 7) is 0.752. The van der Waals surface area contributed by atoms with E-state index in [0.29, 0.717) is 5.75 Å². The molecule has 0 spiro atoms. The van der Waals surface area contributed by atoms with E-state index in [9.17, 15) is 5.11 Å². The third-order valence-electron chi connectivity index (χ3n) is 3.23. The number of nitrogens with one attached hydrogen (secondary N) is 1. The molecule has 16 heavy (non-hydrogen) atoms. The van der Waals surface area contributed by atoms with Crippen LogP contribution in [-0.2, 0) is 6.54 Å². The predicted octanol–water partition coefficient (Wildman–Crippen LogP) is 1.79. The summed E-state index contributed by atoms with van der Waals surface area (Å²) in [5.41, 5.74) is 1.13. The molecule has 0 bridgehead atoms. The molecule has 1 fully saturated rings. The molecule has 0 amide bonds. The van der Waals surface area contributed by atoms with Crippen molar-refractivity contribution in [2.24, 2.45) is 0 Å². The molecule has 0 aromatic heterocycles. The number of aliphatic hydroxyl groups excluding tert-OH is 1. The number of benzene rings is 1. The Bertz CT molecular complexity index is 323. The number of hydrogen-bond acceptors (Lipinski definition) is 3. The fourth-order valence-electron chi connectivity index (χ4n) is 2.21. The van der Waals surface area contributed by atoms with Crippen LogP contribution in [0.4, 0.5) is 0 Å². The maximum Gasteiger partial charge on any atom is 0.115 e. The van der Waals surface area contributed by atoms with Gasteiger partial charge in [-0.15, -0.1) is 0 Å². The first-order valence-electron chi connectivity index (χ1n) is 5.95. The van der Waals surface area contributed by atoms with Gasteiger partial charge in [-0.25, -0.2) is 0 Å².